The van der Waals surface area contributed by atoms with E-state index in [9.17, 15) is 14.0 Å². The minimum absolute atomic E-state index is 0.00612. The molecule has 0 spiro atoms. The largest absolute Gasteiger partial charge is 0.368 e. The summed E-state index contributed by atoms with van der Waals surface area (Å²) in [5, 5.41) is 3.19. The Kier molecular flexibility index (Phi) is 4.57. The first-order chi connectivity index (χ1) is 9.93. The Hall–Kier alpha value is -1.95. The molecule has 0 aliphatic carbocycles. The van der Waals surface area contributed by atoms with E-state index in [1.807, 2.05) is 0 Å². The van der Waals surface area contributed by atoms with Gasteiger partial charge in [0, 0.05) is 26.6 Å². The number of hydrogen-bond acceptors (Lipinski definition) is 3. The van der Waals surface area contributed by atoms with Crippen LogP contribution in [-0.4, -0.2) is 35.3 Å². The fraction of sp³-hybridized carbons (Fsp3) is 0.467. The number of carbonyl (C=O) groups excluding carboxylic acids is 2. The van der Waals surface area contributed by atoms with Gasteiger partial charge in [-0.2, -0.15) is 0 Å². The zero-order valence-electron chi connectivity index (χ0n) is 12.1. The molecule has 1 fully saturated rings. The van der Waals surface area contributed by atoms with Crippen LogP contribution in [0, 0.1) is 5.82 Å². The van der Waals surface area contributed by atoms with Gasteiger partial charge in [0.2, 0.25) is 11.8 Å². The maximum Gasteiger partial charge on any atom is 0.237 e. The van der Waals surface area contributed by atoms with Crippen molar-refractivity contribution in [2.24, 2.45) is 5.73 Å². The molecule has 21 heavy (non-hydrogen) atoms. The van der Waals surface area contributed by atoms with Crippen molar-refractivity contribution in [1.29, 1.82) is 0 Å². The molecule has 0 bridgehead atoms. The first kappa shape index (κ1) is 15.4. The Morgan fingerprint density at radius 2 is 1.86 bits per heavy atom. The van der Waals surface area contributed by atoms with E-state index >= 15 is 0 Å². The van der Waals surface area contributed by atoms with Crippen LogP contribution in [0.2, 0.25) is 0 Å². The van der Waals surface area contributed by atoms with Gasteiger partial charge in [-0.1, -0.05) is 12.1 Å². The summed E-state index contributed by atoms with van der Waals surface area (Å²) >= 11 is 0. The molecule has 3 N–H and O–H groups in total. The minimum atomic E-state index is -0.805. The smallest absolute Gasteiger partial charge is 0.237 e. The molecule has 2 rings (SSSR count). The van der Waals surface area contributed by atoms with E-state index in [1.165, 1.54) is 19.1 Å². The van der Waals surface area contributed by atoms with Crippen molar-refractivity contribution in [3.63, 3.8) is 0 Å². The topological polar surface area (TPSA) is 75.4 Å². The average molecular weight is 293 g/mol. The van der Waals surface area contributed by atoms with Gasteiger partial charge in [-0.05, 0) is 30.5 Å². The summed E-state index contributed by atoms with van der Waals surface area (Å²) in [6.07, 6.45) is 0.978. The third-order valence-corrected chi connectivity index (χ3v) is 4.08. The van der Waals surface area contributed by atoms with E-state index in [1.54, 1.807) is 17.0 Å². The van der Waals surface area contributed by atoms with Gasteiger partial charge in [0.1, 0.15) is 11.4 Å². The number of halogens is 1. The molecule has 1 heterocycles. The Bertz CT molecular complexity index is 522. The zero-order valence-corrected chi connectivity index (χ0v) is 12.1. The van der Waals surface area contributed by atoms with Crippen molar-refractivity contribution in [2.75, 3.05) is 13.1 Å². The fourth-order valence-electron chi connectivity index (χ4n) is 2.59. The number of amides is 2. The highest BCUT2D eigenvalue weighted by molar-refractivity contribution is 5.85. The lowest BCUT2D eigenvalue weighted by Gasteiger charge is -2.40. The molecule has 0 atom stereocenters. The van der Waals surface area contributed by atoms with Gasteiger partial charge < -0.3 is 10.6 Å². The van der Waals surface area contributed by atoms with Crippen LogP contribution in [0.3, 0.4) is 0 Å². The summed E-state index contributed by atoms with van der Waals surface area (Å²) in [6, 6.07) is 6.10. The van der Waals surface area contributed by atoms with Crippen molar-refractivity contribution in [3.8, 4) is 0 Å². The molecule has 1 aliphatic heterocycles. The molecule has 0 aromatic heterocycles. The first-order valence-corrected chi connectivity index (χ1v) is 6.98. The number of hydrogen-bond donors (Lipinski definition) is 2. The second-order valence-electron chi connectivity index (χ2n) is 5.43. The number of likely N-dealkylation sites (tertiary alicyclic amines) is 1. The molecular formula is C15H20FN3O2. The lowest BCUT2D eigenvalue weighted by molar-refractivity contribution is -0.134. The molecule has 1 aromatic carbocycles. The number of benzene rings is 1. The second-order valence-corrected chi connectivity index (χ2v) is 5.43. The number of nitrogens with one attached hydrogen (secondary N) is 1. The van der Waals surface area contributed by atoms with E-state index in [0.29, 0.717) is 32.5 Å². The summed E-state index contributed by atoms with van der Waals surface area (Å²) < 4.78 is 12.9. The molecule has 2 amide bonds. The van der Waals surface area contributed by atoms with E-state index < -0.39 is 11.4 Å². The molecular weight excluding hydrogens is 273 g/mol. The molecule has 114 valence electrons. The van der Waals surface area contributed by atoms with Gasteiger partial charge in [-0.3, -0.25) is 14.9 Å². The average Bonchev–Trinajstić information content (AvgIpc) is 2.47. The molecule has 0 saturated carbocycles. The molecule has 0 unspecified atom stereocenters. The first-order valence-electron chi connectivity index (χ1n) is 6.98. The van der Waals surface area contributed by atoms with Crippen molar-refractivity contribution < 1.29 is 14.0 Å². The SMILES string of the molecule is CC(=O)N1CCC(NCc2ccc(F)cc2)(C(N)=O)CC1. The van der Waals surface area contributed by atoms with Gasteiger partial charge in [-0.15, -0.1) is 0 Å². The van der Waals surface area contributed by atoms with Gasteiger partial charge in [0.15, 0.2) is 0 Å². The third-order valence-electron chi connectivity index (χ3n) is 4.08. The Balaban J connectivity index is 2.01. The summed E-state index contributed by atoms with van der Waals surface area (Å²) in [6.45, 7) is 2.97. The molecule has 5 nitrogen and oxygen atoms in total. The molecule has 1 aromatic rings. The predicted octanol–water partition coefficient (Wildman–Crippen LogP) is 0.782. The van der Waals surface area contributed by atoms with Crippen molar-refractivity contribution in [2.45, 2.75) is 31.8 Å². The van der Waals surface area contributed by atoms with Gasteiger partial charge in [-0.25, -0.2) is 4.39 Å². The summed E-state index contributed by atoms with van der Waals surface area (Å²) in [5.74, 6) is -0.697. The van der Waals surface area contributed by atoms with Crippen molar-refractivity contribution in [3.05, 3.63) is 35.6 Å². The van der Waals surface area contributed by atoms with Crippen molar-refractivity contribution >= 4 is 11.8 Å². The molecule has 1 saturated heterocycles. The van der Waals surface area contributed by atoms with Crippen LogP contribution < -0.4 is 11.1 Å². The van der Waals surface area contributed by atoms with Crippen LogP contribution in [0.25, 0.3) is 0 Å². The summed E-state index contributed by atoms with van der Waals surface area (Å²) in [5.41, 5.74) is 5.62. The fourth-order valence-corrected chi connectivity index (χ4v) is 2.59. The van der Waals surface area contributed by atoms with E-state index in [-0.39, 0.29) is 11.7 Å². The standard InChI is InChI=1S/C15H20FN3O2/c1-11(20)19-8-6-15(7-9-19,14(17)21)18-10-12-2-4-13(16)5-3-12/h2-5,18H,6-10H2,1H3,(H2,17,21). The van der Waals surface area contributed by atoms with Crippen LogP contribution >= 0.6 is 0 Å². The highest BCUT2D eigenvalue weighted by atomic mass is 19.1. The third kappa shape index (κ3) is 3.58. The van der Waals surface area contributed by atoms with E-state index in [0.717, 1.165) is 5.56 Å². The van der Waals surface area contributed by atoms with Crippen LogP contribution in [-0.2, 0) is 16.1 Å². The van der Waals surface area contributed by atoms with Crippen molar-refractivity contribution in [1.82, 2.24) is 10.2 Å². The highest BCUT2D eigenvalue weighted by Gasteiger charge is 2.39. The van der Waals surface area contributed by atoms with E-state index in [4.69, 9.17) is 5.73 Å². The summed E-state index contributed by atoms with van der Waals surface area (Å²) in [7, 11) is 0. The number of carbonyl (C=O) groups is 2. The van der Waals surface area contributed by atoms with Gasteiger partial charge in [0.05, 0.1) is 0 Å². The van der Waals surface area contributed by atoms with Crippen LogP contribution in [0.5, 0.6) is 0 Å². The normalized spacial score (nSPS) is 17.5. The number of nitrogens with zero attached hydrogens (tertiary/aromatic N) is 1. The molecule has 1 aliphatic rings. The maximum atomic E-state index is 12.9. The lowest BCUT2D eigenvalue weighted by Crippen LogP contribution is -2.61. The Labute approximate surface area is 123 Å². The maximum absolute atomic E-state index is 12.9. The quantitative estimate of drug-likeness (QED) is 0.861. The summed E-state index contributed by atoms with van der Waals surface area (Å²) in [4.78, 5) is 24.9. The van der Waals surface area contributed by atoms with E-state index in [2.05, 4.69) is 5.32 Å². The second kappa shape index (κ2) is 6.22. The lowest BCUT2D eigenvalue weighted by atomic mass is 9.86. The molecule has 0 radical (unpaired) electrons. The zero-order chi connectivity index (χ0) is 15.5. The highest BCUT2D eigenvalue weighted by Crippen LogP contribution is 2.23. The molecule has 6 heteroatoms. The number of piperidine rings is 1. The van der Waals surface area contributed by atoms with Gasteiger partial charge in [0.25, 0.3) is 0 Å². The number of primary amides is 1. The Morgan fingerprint density at radius 3 is 2.33 bits per heavy atom. The predicted molar refractivity (Wildman–Crippen MR) is 76.7 cm³/mol. The van der Waals surface area contributed by atoms with Crippen LogP contribution in [0.1, 0.15) is 25.3 Å². The monoisotopic (exact) mass is 293 g/mol. The van der Waals surface area contributed by atoms with Crippen LogP contribution in [0.15, 0.2) is 24.3 Å². The Morgan fingerprint density at radius 1 is 1.29 bits per heavy atom. The minimum Gasteiger partial charge on any atom is -0.368 e. The van der Waals surface area contributed by atoms with Gasteiger partial charge >= 0.3 is 0 Å². The number of rotatable bonds is 4. The number of nitrogens with two attached hydrogens (primary N) is 1. The van der Waals surface area contributed by atoms with Crippen LogP contribution in [0.4, 0.5) is 4.39 Å².